The van der Waals surface area contributed by atoms with Crippen molar-refractivity contribution >= 4 is 17.2 Å². The summed E-state index contributed by atoms with van der Waals surface area (Å²) in [5.74, 6) is -0.319. The van der Waals surface area contributed by atoms with E-state index in [4.69, 9.17) is 0 Å². The van der Waals surface area contributed by atoms with E-state index in [1.54, 1.807) is 24.4 Å². The molecular weight excluding hydrogens is 294 g/mol. The number of benzene rings is 1. The number of hydrogen-bond donors (Lipinski definition) is 0. The Morgan fingerprint density at radius 3 is 2.77 bits per heavy atom. The van der Waals surface area contributed by atoms with Crippen LogP contribution in [0.5, 0.6) is 0 Å². The molecule has 0 N–H and O–H groups in total. The van der Waals surface area contributed by atoms with E-state index in [1.807, 2.05) is 16.1 Å². The standard InChI is InChI=1S/C17H15N3OS/c1-13-5-7-14(8-6-13)12-20-10-11-22-17(20)19-16(21)15-4-2-3-9-18-15/h2-11H,12H2,1H3. The summed E-state index contributed by atoms with van der Waals surface area (Å²) in [5, 5.41) is 1.93. The fraction of sp³-hybridized carbons (Fsp3) is 0.118. The number of rotatable bonds is 3. The number of aryl methyl sites for hydroxylation is 1. The Labute approximate surface area is 132 Å². The maximum atomic E-state index is 12.1. The third kappa shape index (κ3) is 3.38. The Hall–Kier alpha value is -2.53. The second-order valence-electron chi connectivity index (χ2n) is 4.93. The molecule has 5 heteroatoms. The van der Waals surface area contributed by atoms with Crippen LogP contribution < -0.4 is 4.80 Å². The molecular formula is C17H15N3OS. The van der Waals surface area contributed by atoms with Gasteiger partial charge in [-0.15, -0.1) is 11.3 Å². The Morgan fingerprint density at radius 1 is 1.23 bits per heavy atom. The number of aromatic nitrogens is 2. The van der Waals surface area contributed by atoms with Crippen LogP contribution in [0.3, 0.4) is 0 Å². The van der Waals surface area contributed by atoms with Gasteiger partial charge in [0.2, 0.25) is 0 Å². The number of carbonyl (C=O) groups is 1. The normalized spacial score (nSPS) is 11.6. The summed E-state index contributed by atoms with van der Waals surface area (Å²) in [5.41, 5.74) is 2.77. The van der Waals surface area contributed by atoms with E-state index < -0.39 is 0 Å². The zero-order valence-electron chi connectivity index (χ0n) is 12.1. The van der Waals surface area contributed by atoms with Crippen molar-refractivity contribution < 1.29 is 4.79 Å². The van der Waals surface area contributed by atoms with Crippen molar-refractivity contribution in [3.8, 4) is 0 Å². The lowest BCUT2D eigenvalue weighted by atomic mass is 10.1. The zero-order valence-corrected chi connectivity index (χ0v) is 13.0. The molecule has 4 nitrogen and oxygen atoms in total. The number of nitrogens with zero attached hydrogens (tertiary/aromatic N) is 3. The molecule has 3 aromatic rings. The summed E-state index contributed by atoms with van der Waals surface area (Å²) >= 11 is 1.44. The quantitative estimate of drug-likeness (QED) is 0.746. The molecule has 2 aromatic heterocycles. The van der Waals surface area contributed by atoms with E-state index in [-0.39, 0.29) is 5.91 Å². The third-order valence-corrected chi connectivity index (χ3v) is 4.01. The van der Waals surface area contributed by atoms with Crippen LogP contribution in [0.2, 0.25) is 0 Å². The van der Waals surface area contributed by atoms with Crippen LogP contribution in [-0.4, -0.2) is 15.5 Å². The van der Waals surface area contributed by atoms with Crippen LogP contribution in [0, 0.1) is 6.92 Å². The molecule has 0 bridgehead atoms. The van der Waals surface area contributed by atoms with Gasteiger partial charge in [-0.25, -0.2) is 0 Å². The van der Waals surface area contributed by atoms with Crippen molar-refractivity contribution in [1.82, 2.24) is 9.55 Å². The fourth-order valence-corrected chi connectivity index (χ4v) is 2.76. The minimum Gasteiger partial charge on any atom is -0.319 e. The Morgan fingerprint density at radius 2 is 2.05 bits per heavy atom. The molecule has 0 spiro atoms. The van der Waals surface area contributed by atoms with Crippen LogP contribution in [0.15, 0.2) is 65.2 Å². The molecule has 2 heterocycles. The van der Waals surface area contributed by atoms with Crippen molar-refractivity contribution in [2.45, 2.75) is 13.5 Å². The van der Waals surface area contributed by atoms with Gasteiger partial charge >= 0.3 is 0 Å². The van der Waals surface area contributed by atoms with Crippen LogP contribution in [0.25, 0.3) is 0 Å². The van der Waals surface area contributed by atoms with E-state index in [9.17, 15) is 4.79 Å². The summed E-state index contributed by atoms with van der Waals surface area (Å²) in [7, 11) is 0. The number of amides is 1. The second-order valence-corrected chi connectivity index (χ2v) is 5.80. The highest BCUT2D eigenvalue weighted by Gasteiger charge is 2.05. The largest absolute Gasteiger partial charge is 0.319 e. The maximum Gasteiger partial charge on any atom is 0.298 e. The van der Waals surface area contributed by atoms with Crippen LogP contribution in [0.1, 0.15) is 21.6 Å². The van der Waals surface area contributed by atoms with Gasteiger partial charge < -0.3 is 4.57 Å². The van der Waals surface area contributed by atoms with Crippen LogP contribution in [0.4, 0.5) is 0 Å². The molecule has 1 aromatic carbocycles. The second kappa shape index (κ2) is 6.49. The minimum absolute atomic E-state index is 0.319. The zero-order chi connectivity index (χ0) is 15.4. The fourth-order valence-electron chi connectivity index (χ4n) is 2.03. The molecule has 110 valence electrons. The first-order chi connectivity index (χ1) is 10.7. The van der Waals surface area contributed by atoms with Gasteiger partial charge in [-0.05, 0) is 24.6 Å². The number of carbonyl (C=O) groups excluding carboxylic acids is 1. The van der Waals surface area contributed by atoms with Crippen molar-refractivity contribution in [2.24, 2.45) is 4.99 Å². The number of thiazole rings is 1. The molecule has 0 radical (unpaired) electrons. The predicted molar refractivity (Wildman–Crippen MR) is 86.7 cm³/mol. The van der Waals surface area contributed by atoms with Crippen LogP contribution in [-0.2, 0) is 6.54 Å². The van der Waals surface area contributed by atoms with Gasteiger partial charge in [0.15, 0.2) is 4.80 Å². The molecule has 22 heavy (non-hydrogen) atoms. The van der Waals surface area contributed by atoms with E-state index in [1.165, 1.54) is 22.5 Å². The average Bonchev–Trinajstić information content (AvgIpc) is 2.97. The highest BCUT2D eigenvalue weighted by molar-refractivity contribution is 7.07. The predicted octanol–water partition coefficient (Wildman–Crippen LogP) is 3.04. The first kappa shape index (κ1) is 14.4. The Bertz CT molecular complexity index is 832. The molecule has 0 fully saturated rings. The van der Waals surface area contributed by atoms with Gasteiger partial charge in [0, 0.05) is 24.3 Å². The molecule has 0 aliphatic heterocycles. The van der Waals surface area contributed by atoms with E-state index in [2.05, 4.69) is 41.2 Å². The summed E-state index contributed by atoms with van der Waals surface area (Å²) in [6, 6.07) is 13.6. The van der Waals surface area contributed by atoms with E-state index >= 15 is 0 Å². The van der Waals surface area contributed by atoms with Crippen molar-refractivity contribution in [2.75, 3.05) is 0 Å². The summed E-state index contributed by atoms with van der Waals surface area (Å²) in [6.07, 6.45) is 3.53. The molecule has 0 saturated heterocycles. The highest BCUT2D eigenvalue weighted by atomic mass is 32.1. The molecule has 3 rings (SSSR count). The summed E-state index contributed by atoms with van der Waals surface area (Å²) in [6.45, 7) is 2.76. The highest BCUT2D eigenvalue weighted by Crippen LogP contribution is 2.05. The molecule has 0 aliphatic rings. The molecule has 0 atom stereocenters. The molecule has 0 saturated carbocycles. The van der Waals surface area contributed by atoms with Gasteiger partial charge in [0.1, 0.15) is 5.69 Å². The summed E-state index contributed by atoms with van der Waals surface area (Å²) in [4.78, 5) is 21.0. The monoisotopic (exact) mass is 309 g/mol. The Balaban J connectivity index is 1.87. The number of hydrogen-bond acceptors (Lipinski definition) is 3. The maximum absolute atomic E-state index is 12.1. The van der Waals surface area contributed by atoms with Crippen molar-refractivity contribution in [1.29, 1.82) is 0 Å². The summed E-state index contributed by atoms with van der Waals surface area (Å²) < 4.78 is 1.97. The minimum atomic E-state index is -0.319. The lowest BCUT2D eigenvalue weighted by Crippen LogP contribution is -2.17. The van der Waals surface area contributed by atoms with E-state index in [0.717, 1.165) is 0 Å². The topological polar surface area (TPSA) is 47.2 Å². The van der Waals surface area contributed by atoms with E-state index in [0.29, 0.717) is 17.0 Å². The first-order valence-electron chi connectivity index (χ1n) is 6.92. The molecule has 0 aliphatic carbocycles. The smallest absolute Gasteiger partial charge is 0.298 e. The van der Waals surface area contributed by atoms with Crippen molar-refractivity contribution in [3.63, 3.8) is 0 Å². The number of pyridine rings is 1. The van der Waals surface area contributed by atoms with Gasteiger partial charge in [0.25, 0.3) is 5.91 Å². The third-order valence-electron chi connectivity index (χ3n) is 3.21. The SMILES string of the molecule is Cc1ccc(Cn2ccsc2=NC(=O)c2ccccn2)cc1. The molecule has 0 unspecified atom stereocenters. The van der Waals surface area contributed by atoms with Crippen molar-refractivity contribution in [3.05, 3.63) is 81.9 Å². The Kier molecular flexibility index (Phi) is 4.25. The average molecular weight is 309 g/mol. The van der Waals surface area contributed by atoms with Gasteiger partial charge in [-0.2, -0.15) is 4.99 Å². The first-order valence-corrected chi connectivity index (χ1v) is 7.80. The van der Waals surface area contributed by atoms with Crippen LogP contribution >= 0.6 is 11.3 Å². The lowest BCUT2D eigenvalue weighted by Gasteiger charge is -2.03. The van der Waals surface area contributed by atoms with Gasteiger partial charge in [-0.1, -0.05) is 35.9 Å². The van der Waals surface area contributed by atoms with Gasteiger partial charge in [0.05, 0.1) is 0 Å². The molecule has 1 amide bonds. The lowest BCUT2D eigenvalue weighted by molar-refractivity contribution is 0.0993. The van der Waals surface area contributed by atoms with Gasteiger partial charge in [-0.3, -0.25) is 9.78 Å².